The van der Waals surface area contributed by atoms with Crippen molar-refractivity contribution in [1.29, 1.82) is 0 Å². The van der Waals surface area contributed by atoms with Crippen molar-refractivity contribution in [3.05, 3.63) is 72.9 Å². The molecule has 0 saturated carbocycles. The van der Waals surface area contributed by atoms with Gasteiger partial charge in [-0.2, -0.15) is 0 Å². The third kappa shape index (κ3) is 59.7. The maximum Gasteiger partial charge on any atom is 0.306 e. The summed E-state index contributed by atoms with van der Waals surface area (Å²) in [6.07, 6.45) is 80.5. The normalized spacial score (nSPS) is 12.5. The molecule has 0 heterocycles. The summed E-state index contributed by atoms with van der Waals surface area (Å²) in [4.78, 5) is 38.3. The van der Waals surface area contributed by atoms with Crippen LogP contribution in [-0.2, 0) is 28.6 Å². The Morgan fingerprint density at radius 2 is 0.527 bits per heavy atom. The van der Waals surface area contributed by atoms with Gasteiger partial charge in [-0.3, -0.25) is 14.4 Å². The van der Waals surface area contributed by atoms with Crippen molar-refractivity contribution < 1.29 is 28.6 Å². The molecule has 74 heavy (non-hydrogen) atoms. The lowest BCUT2D eigenvalue weighted by molar-refractivity contribution is -0.167. The van der Waals surface area contributed by atoms with E-state index in [-0.39, 0.29) is 31.1 Å². The van der Waals surface area contributed by atoms with Gasteiger partial charge in [0, 0.05) is 19.3 Å². The number of unbranched alkanes of at least 4 members (excludes halogenated alkanes) is 35. The van der Waals surface area contributed by atoms with Crippen molar-refractivity contribution in [2.45, 2.75) is 329 Å². The second-order valence-electron chi connectivity index (χ2n) is 21.3. The molecule has 0 aromatic rings. The average molecular weight is 1030 g/mol. The number of carbonyl (C=O) groups excluding carboxylic acids is 3. The summed E-state index contributed by atoms with van der Waals surface area (Å²) in [5, 5.41) is 0. The molecule has 0 saturated heterocycles. The predicted octanol–water partition coefficient (Wildman–Crippen LogP) is 21.7. The summed E-state index contributed by atoms with van der Waals surface area (Å²) < 4.78 is 16.9. The summed E-state index contributed by atoms with van der Waals surface area (Å²) in [7, 11) is 0. The van der Waals surface area contributed by atoms with E-state index in [9.17, 15) is 14.4 Å². The molecular formula is C68H120O6. The maximum absolute atomic E-state index is 12.9. The van der Waals surface area contributed by atoms with E-state index in [1.54, 1.807) is 0 Å². The molecule has 0 spiro atoms. The third-order valence-corrected chi connectivity index (χ3v) is 13.9. The van der Waals surface area contributed by atoms with Gasteiger partial charge in [0.2, 0.25) is 0 Å². The Morgan fingerprint density at radius 1 is 0.284 bits per heavy atom. The predicted molar refractivity (Wildman–Crippen MR) is 321 cm³/mol. The summed E-state index contributed by atoms with van der Waals surface area (Å²) in [5.74, 6) is -0.908. The maximum atomic E-state index is 12.9. The minimum atomic E-state index is -0.790. The molecule has 428 valence electrons. The van der Waals surface area contributed by atoms with E-state index in [0.717, 1.165) is 103 Å². The van der Waals surface area contributed by atoms with Crippen molar-refractivity contribution in [2.75, 3.05) is 13.2 Å². The van der Waals surface area contributed by atoms with Crippen LogP contribution in [-0.4, -0.2) is 37.2 Å². The van der Waals surface area contributed by atoms with Crippen LogP contribution in [0.3, 0.4) is 0 Å². The number of allylic oxidation sites excluding steroid dienone is 12. The van der Waals surface area contributed by atoms with Gasteiger partial charge in [0.05, 0.1) is 0 Å². The molecule has 0 bridgehead atoms. The van der Waals surface area contributed by atoms with Crippen LogP contribution in [0.2, 0.25) is 0 Å². The van der Waals surface area contributed by atoms with E-state index in [0.29, 0.717) is 19.3 Å². The second-order valence-corrected chi connectivity index (χ2v) is 21.3. The van der Waals surface area contributed by atoms with Crippen LogP contribution in [0, 0.1) is 0 Å². The number of esters is 3. The minimum absolute atomic E-state index is 0.0864. The Labute approximate surface area is 459 Å². The van der Waals surface area contributed by atoms with E-state index >= 15 is 0 Å². The molecule has 0 rings (SSSR count). The zero-order valence-corrected chi connectivity index (χ0v) is 49.1. The van der Waals surface area contributed by atoms with Gasteiger partial charge in [-0.25, -0.2) is 0 Å². The Morgan fingerprint density at radius 3 is 0.838 bits per heavy atom. The molecule has 1 unspecified atom stereocenters. The third-order valence-electron chi connectivity index (χ3n) is 13.9. The number of carbonyl (C=O) groups is 3. The topological polar surface area (TPSA) is 78.9 Å². The van der Waals surface area contributed by atoms with Gasteiger partial charge < -0.3 is 14.2 Å². The SMILES string of the molecule is CC/C=C\C/C=C\C/C=C\CCCCCC(=O)OCC(COC(=O)CCCCCCCCCC/C=C\C/C=C\C/C=C\CCCCCCC)OC(=O)CCCCCCCCCCCCCCCCCCCCCC. The van der Waals surface area contributed by atoms with Crippen LogP contribution < -0.4 is 0 Å². The van der Waals surface area contributed by atoms with E-state index in [1.807, 2.05) is 0 Å². The summed E-state index contributed by atoms with van der Waals surface area (Å²) in [6.45, 7) is 6.52. The Hall–Kier alpha value is -3.15. The van der Waals surface area contributed by atoms with Crippen molar-refractivity contribution in [3.8, 4) is 0 Å². The first kappa shape index (κ1) is 70.8. The molecule has 0 amide bonds. The highest BCUT2D eigenvalue weighted by Gasteiger charge is 2.19. The number of hydrogen-bond donors (Lipinski definition) is 0. The van der Waals surface area contributed by atoms with E-state index in [2.05, 4.69) is 93.7 Å². The van der Waals surface area contributed by atoms with Crippen molar-refractivity contribution in [2.24, 2.45) is 0 Å². The van der Waals surface area contributed by atoms with Gasteiger partial charge in [-0.05, 0) is 89.9 Å². The van der Waals surface area contributed by atoms with Crippen LogP contribution in [0.15, 0.2) is 72.9 Å². The zero-order chi connectivity index (χ0) is 53.6. The summed E-state index contributed by atoms with van der Waals surface area (Å²) in [5.41, 5.74) is 0. The standard InChI is InChI=1S/C68H120O6/c1-4-7-10-13-16-19-22-25-27-29-31-33-34-35-37-38-40-43-46-49-52-55-58-61-67(70)73-64-65(63-72-66(69)60-57-54-51-48-45-42-24-21-18-15-12-9-6-3)74-68(71)62-59-56-53-50-47-44-41-39-36-32-30-28-26-23-20-17-14-11-8-5-2/h9,12,18,21-22,25,29,31,34-35,42,45,65H,4-8,10-11,13-17,19-20,23-24,26-28,30,32-33,36-41,43-44,46-64H2,1-3H3/b12-9-,21-18-,25-22-,31-29-,35-34-,45-42-. The smallest absolute Gasteiger partial charge is 0.306 e. The van der Waals surface area contributed by atoms with Gasteiger partial charge in [0.15, 0.2) is 6.10 Å². The molecule has 0 N–H and O–H groups in total. The lowest BCUT2D eigenvalue weighted by atomic mass is 10.0. The van der Waals surface area contributed by atoms with Gasteiger partial charge in [0.25, 0.3) is 0 Å². The average Bonchev–Trinajstić information content (AvgIpc) is 3.40. The largest absolute Gasteiger partial charge is 0.462 e. The Balaban J connectivity index is 4.34. The molecule has 0 aliphatic carbocycles. The van der Waals surface area contributed by atoms with Gasteiger partial charge in [-0.1, -0.05) is 286 Å². The molecule has 0 fully saturated rings. The fourth-order valence-corrected chi connectivity index (χ4v) is 9.17. The molecule has 0 aliphatic heterocycles. The van der Waals surface area contributed by atoms with Crippen LogP contribution in [0.25, 0.3) is 0 Å². The van der Waals surface area contributed by atoms with Crippen LogP contribution in [0.5, 0.6) is 0 Å². The fourth-order valence-electron chi connectivity index (χ4n) is 9.17. The van der Waals surface area contributed by atoms with E-state index < -0.39 is 6.10 Å². The molecule has 1 atom stereocenters. The minimum Gasteiger partial charge on any atom is -0.462 e. The fraction of sp³-hybridized carbons (Fsp3) is 0.779. The van der Waals surface area contributed by atoms with Gasteiger partial charge >= 0.3 is 17.9 Å². The molecule has 6 heteroatoms. The summed E-state index contributed by atoms with van der Waals surface area (Å²) >= 11 is 0. The van der Waals surface area contributed by atoms with Crippen LogP contribution in [0.4, 0.5) is 0 Å². The second kappa shape index (κ2) is 62.4. The number of rotatable bonds is 58. The molecule has 0 aromatic heterocycles. The van der Waals surface area contributed by atoms with Crippen molar-refractivity contribution in [1.82, 2.24) is 0 Å². The monoisotopic (exact) mass is 1030 g/mol. The Kier molecular flexibility index (Phi) is 59.7. The van der Waals surface area contributed by atoms with E-state index in [1.165, 1.54) is 180 Å². The first-order valence-electron chi connectivity index (χ1n) is 31.9. The van der Waals surface area contributed by atoms with Crippen LogP contribution in [0.1, 0.15) is 323 Å². The van der Waals surface area contributed by atoms with Crippen LogP contribution >= 0.6 is 0 Å². The molecule has 0 aromatic carbocycles. The first-order chi connectivity index (χ1) is 36.5. The molecule has 0 aliphatic rings. The first-order valence-corrected chi connectivity index (χ1v) is 31.9. The highest BCUT2D eigenvalue weighted by Crippen LogP contribution is 2.17. The lowest BCUT2D eigenvalue weighted by Crippen LogP contribution is -2.30. The van der Waals surface area contributed by atoms with Crippen molar-refractivity contribution >= 4 is 17.9 Å². The van der Waals surface area contributed by atoms with Gasteiger partial charge in [0.1, 0.15) is 13.2 Å². The highest BCUT2D eigenvalue weighted by molar-refractivity contribution is 5.71. The zero-order valence-electron chi connectivity index (χ0n) is 49.1. The van der Waals surface area contributed by atoms with Gasteiger partial charge in [-0.15, -0.1) is 0 Å². The summed E-state index contributed by atoms with van der Waals surface area (Å²) in [6, 6.07) is 0. The number of ether oxygens (including phenoxy) is 3. The Bertz CT molecular complexity index is 1370. The quantitative estimate of drug-likeness (QED) is 0.0261. The van der Waals surface area contributed by atoms with E-state index in [4.69, 9.17) is 14.2 Å². The van der Waals surface area contributed by atoms with Crippen molar-refractivity contribution in [3.63, 3.8) is 0 Å². The highest BCUT2D eigenvalue weighted by atomic mass is 16.6. The molecule has 6 nitrogen and oxygen atoms in total. The number of hydrogen-bond acceptors (Lipinski definition) is 6. The molecule has 0 radical (unpaired) electrons. The lowest BCUT2D eigenvalue weighted by Gasteiger charge is -2.18. The molecular weight excluding hydrogens is 913 g/mol.